The molecule has 8 heteroatoms. The first-order valence-corrected chi connectivity index (χ1v) is 8.97. The Labute approximate surface area is 162 Å². The first kappa shape index (κ1) is 19.0. The summed E-state index contributed by atoms with van der Waals surface area (Å²) in [5, 5.41) is 16.8. The summed E-state index contributed by atoms with van der Waals surface area (Å²) in [6.45, 7) is 3.58. The molecular formula is C19H20ClN5O2. The second kappa shape index (κ2) is 8.28. The summed E-state index contributed by atoms with van der Waals surface area (Å²) in [4.78, 5) is 21.2. The number of hydrogen-bond acceptors (Lipinski definition) is 5. The van der Waals surface area contributed by atoms with E-state index < -0.39 is 0 Å². The number of carbonyl (C=O) groups is 1. The highest BCUT2D eigenvalue weighted by Gasteiger charge is 2.15. The topological polar surface area (TPSA) is 92.9 Å². The van der Waals surface area contributed by atoms with E-state index in [-0.39, 0.29) is 18.6 Å². The predicted molar refractivity (Wildman–Crippen MR) is 103 cm³/mol. The maximum absolute atomic E-state index is 12.6. The van der Waals surface area contributed by atoms with Crippen LogP contribution in [0.15, 0.2) is 42.9 Å². The molecule has 0 fully saturated rings. The average molecular weight is 386 g/mol. The minimum atomic E-state index is -0.351. The summed E-state index contributed by atoms with van der Waals surface area (Å²) in [5.41, 5.74) is 2.59. The number of aryl methyl sites for hydroxylation is 1. The molecule has 1 aromatic carbocycles. The molecule has 3 rings (SSSR count). The van der Waals surface area contributed by atoms with Crippen LogP contribution in [0.3, 0.4) is 0 Å². The van der Waals surface area contributed by atoms with Crippen molar-refractivity contribution in [2.75, 3.05) is 6.61 Å². The van der Waals surface area contributed by atoms with E-state index in [1.807, 2.05) is 13.0 Å². The molecule has 3 aromatic rings. The average Bonchev–Trinajstić information content (AvgIpc) is 3.17. The highest BCUT2D eigenvalue weighted by Crippen LogP contribution is 2.24. The zero-order valence-corrected chi connectivity index (χ0v) is 15.8. The number of pyridine rings is 1. The van der Waals surface area contributed by atoms with Gasteiger partial charge in [0.2, 0.25) is 0 Å². The van der Waals surface area contributed by atoms with Crippen molar-refractivity contribution in [1.29, 1.82) is 0 Å². The molecule has 0 aliphatic rings. The molecule has 2 aromatic heterocycles. The summed E-state index contributed by atoms with van der Waals surface area (Å²) < 4.78 is 1.70. The third kappa shape index (κ3) is 4.32. The second-order valence-electron chi connectivity index (χ2n) is 6.13. The minimum Gasteiger partial charge on any atom is -0.394 e. The van der Waals surface area contributed by atoms with Gasteiger partial charge in [-0.1, -0.05) is 18.5 Å². The first-order chi connectivity index (χ1) is 13.0. The van der Waals surface area contributed by atoms with E-state index in [1.165, 1.54) is 6.33 Å². The van der Waals surface area contributed by atoms with E-state index in [0.717, 1.165) is 11.4 Å². The molecule has 1 atom stereocenters. The van der Waals surface area contributed by atoms with Gasteiger partial charge in [0.25, 0.3) is 5.91 Å². The van der Waals surface area contributed by atoms with Gasteiger partial charge in [0.05, 0.1) is 23.0 Å². The van der Waals surface area contributed by atoms with Gasteiger partial charge in [-0.3, -0.25) is 9.78 Å². The van der Waals surface area contributed by atoms with Crippen LogP contribution in [0.2, 0.25) is 5.02 Å². The monoisotopic (exact) mass is 385 g/mol. The Kier molecular flexibility index (Phi) is 5.83. The summed E-state index contributed by atoms with van der Waals surface area (Å²) in [6, 6.07) is 8.58. The Balaban J connectivity index is 2.10. The SMILES string of the molecule is CCc1ncnn1-c1cc(C(=O)N[C@@H](C)CO)cc(-c2ccc(Cl)cn2)c1. The molecule has 0 bridgehead atoms. The van der Waals surface area contributed by atoms with E-state index >= 15 is 0 Å². The second-order valence-corrected chi connectivity index (χ2v) is 6.57. The standard InChI is InChI=1S/C19H20ClN5O2/c1-3-18-22-11-23-25(18)16-7-13(17-5-4-15(20)9-21-17)6-14(8-16)19(27)24-12(2)10-26/h4-9,11-12,26H,3,10H2,1-2H3,(H,24,27)/t12-/m0/s1. The van der Waals surface area contributed by atoms with Crippen molar-refractivity contribution in [2.24, 2.45) is 0 Å². The number of aliphatic hydroxyl groups excluding tert-OH is 1. The van der Waals surface area contributed by atoms with Crippen molar-refractivity contribution in [3.8, 4) is 16.9 Å². The fourth-order valence-corrected chi connectivity index (χ4v) is 2.75. The van der Waals surface area contributed by atoms with Crippen molar-refractivity contribution in [1.82, 2.24) is 25.1 Å². The van der Waals surface area contributed by atoms with Crippen LogP contribution in [0.25, 0.3) is 16.9 Å². The summed E-state index contributed by atoms with van der Waals surface area (Å²) >= 11 is 5.93. The van der Waals surface area contributed by atoms with Gasteiger partial charge in [-0.05, 0) is 37.3 Å². The molecule has 27 heavy (non-hydrogen) atoms. The lowest BCUT2D eigenvalue weighted by Crippen LogP contribution is -2.35. The molecule has 0 aliphatic heterocycles. The molecule has 0 unspecified atom stereocenters. The normalized spacial score (nSPS) is 12.0. The van der Waals surface area contributed by atoms with E-state index in [4.69, 9.17) is 11.6 Å². The minimum absolute atomic E-state index is 0.139. The van der Waals surface area contributed by atoms with Crippen LogP contribution in [0.1, 0.15) is 30.0 Å². The number of amides is 1. The van der Waals surface area contributed by atoms with Crippen LogP contribution in [0.5, 0.6) is 0 Å². The molecule has 0 radical (unpaired) electrons. The van der Waals surface area contributed by atoms with Crippen LogP contribution in [-0.4, -0.2) is 43.4 Å². The number of hydrogen-bond donors (Lipinski definition) is 2. The zero-order valence-electron chi connectivity index (χ0n) is 15.1. The highest BCUT2D eigenvalue weighted by atomic mass is 35.5. The molecule has 0 aliphatic carbocycles. The Bertz CT molecular complexity index is 940. The van der Waals surface area contributed by atoms with Crippen LogP contribution in [-0.2, 0) is 6.42 Å². The van der Waals surface area contributed by atoms with Gasteiger partial charge < -0.3 is 10.4 Å². The fraction of sp³-hybridized carbons (Fsp3) is 0.263. The lowest BCUT2D eigenvalue weighted by atomic mass is 10.0. The number of aromatic nitrogens is 4. The van der Waals surface area contributed by atoms with Crippen LogP contribution >= 0.6 is 11.6 Å². The summed E-state index contributed by atoms with van der Waals surface area (Å²) in [7, 11) is 0. The fourth-order valence-electron chi connectivity index (χ4n) is 2.63. The lowest BCUT2D eigenvalue weighted by Gasteiger charge is -2.14. The van der Waals surface area contributed by atoms with Crippen molar-refractivity contribution < 1.29 is 9.90 Å². The molecule has 0 saturated heterocycles. The number of nitrogens with zero attached hydrogens (tertiary/aromatic N) is 4. The van der Waals surface area contributed by atoms with Crippen LogP contribution in [0.4, 0.5) is 0 Å². The van der Waals surface area contributed by atoms with E-state index in [0.29, 0.717) is 28.4 Å². The number of nitrogens with one attached hydrogen (secondary N) is 1. The molecular weight excluding hydrogens is 366 g/mol. The van der Waals surface area contributed by atoms with E-state index in [1.54, 1.807) is 42.1 Å². The molecule has 140 valence electrons. The third-order valence-electron chi connectivity index (χ3n) is 4.03. The van der Waals surface area contributed by atoms with Crippen LogP contribution in [0, 0.1) is 0 Å². The highest BCUT2D eigenvalue weighted by molar-refractivity contribution is 6.30. The zero-order chi connectivity index (χ0) is 19.4. The van der Waals surface area contributed by atoms with Crippen molar-refractivity contribution in [3.05, 3.63) is 59.3 Å². The number of benzene rings is 1. The van der Waals surface area contributed by atoms with Crippen LogP contribution < -0.4 is 5.32 Å². The number of halogens is 1. The lowest BCUT2D eigenvalue weighted by molar-refractivity contribution is 0.0922. The van der Waals surface area contributed by atoms with Crippen molar-refractivity contribution in [3.63, 3.8) is 0 Å². The van der Waals surface area contributed by atoms with E-state index in [2.05, 4.69) is 20.4 Å². The Morgan fingerprint density at radius 2 is 2.11 bits per heavy atom. The molecule has 2 N–H and O–H groups in total. The number of rotatable bonds is 6. The summed E-state index contributed by atoms with van der Waals surface area (Å²) in [5.74, 6) is 0.498. The summed E-state index contributed by atoms with van der Waals surface area (Å²) in [6.07, 6.45) is 3.75. The number of carbonyl (C=O) groups excluding carboxylic acids is 1. The van der Waals surface area contributed by atoms with Gasteiger partial charge in [0, 0.05) is 29.8 Å². The quantitative estimate of drug-likeness (QED) is 0.680. The van der Waals surface area contributed by atoms with Gasteiger partial charge in [-0.25, -0.2) is 9.67 Å². The maximum Gasteiger partial charge on any atom is 0.251 e. The largest absolute Gasteiger partial charge is 0.394 e. The van der Waals surface area contributed by atoms with Crippen molar-refractivity contribution in [2.45, 2.75) is 26.3 Å². The van der Waals surface area contributed by atoms with Gasteiger partial charge in [0.15, 0.2) is 0 Å². The van der Waals surface area contributed by atoms with Gasteiger partial charge >= 0.3 is 0 Å². The molecule has 0 saturated carbocycles. The molecule has 1 amide bonds. The predicted octanol–water partition coefficient (Wildman–Crippen LogP) is 2.66. The van der Waals surface area contributed by atoms with Gasteiger partial charge in [-0.2, -0.15) is 5.10 Å². The Hall–Kier alpha value is -2.77. The van der Waals surface area contributed by atoms with Gasteiger partial charge in [0.1, 0.15) is 12.2 Å². The van der Waals surface area contributed by atoms with E-state index in [9.17, 15) is 9.90 Å². The first-order valence-electron chi connectivity index (χ1n) is 8.59. The van der Waals surface area contributed by atoms with Gasteiger partial charge in [-0.15, -0.1) is 0 Å². The smallest absolute Gasteiger partial charge is 0.251 e. The molecule has 7 nitrogen and oxygen atoms in total. The number of aliphatic hydroxyl groups is 1. The van der Waals surface area contributed by atoms with Crippen molar-refractivity contribution >= 4 is 17.5 Å². The molecule has 0 spiro atoms. The molecule has 2 heterocycles. The Morgan fingerprint density at radius 1 is 1.30 bits per heavy atom. The maximum atomic E-state index is 12.6. The third-order valence-corrected chi connectivity index (χ3v) is 4.26. The Morgan fingerprint density at radius 3 is 2.78 bits per heavy atom.